The van der Waals surface area contributed by atoms with Gasteiger partial charge in [0.25, 0.3) is 5.91 Å². The Balaban J connectivity index is 1.54. The molecule has 1 aromatic carbocycles. The number of nitrogens with one attached hydrogen (secondary N) is 1. The molecule has 0 spiro atoms. The Labute approximate surface area is 154 Å². The van der Waals surface area contributed by atoms with Crippen molar-refractivity contribution in [3.05, 3.63) is 57.8 Å². The number of halogens is 2. The van der Waals surface area contributed by atoms with Crippen LogP contribution in [0.4, 0.5) is 8.78 Å². The van der Waals surface area contributed by atoms with Crippen LogP contribution in [0.3, 0.4) is 0 Å². The Morgan fingerprint density at radius 2 is 1.96 bits per heavy atom. The number of carbonyl (C=O) groups excluding carboxylic acids is 2. The van der Waals surface area contributed by atoms with Crippen molar-refractivity contribution in [2.24, 2.45) is 5.92 Å². The molecule has 1 fully saturated rings. The Bertz CT molecular complexity index is 787. The number of benzene rings is 1. The van der Waals surface area contributed by atoms with Gasteiger partial charge < -0.3 is 10.2 Å². The summed E-state index contributed by atoms with van der Waals surface area (Å²) in [6, 6.07) is 6.42. The van der Waals surface area contributed by atoms with Gasteiger partial charge in [-0.05, 0) is 37.3 Å². The summed E-state index contributed by atoms with van der Waals surface area (Å²) in [5.41, 5.74) is 0.255. The Kier molecular flexibility index (Phi) is 5.66. The zero-order valence-corrected chi connectivity index (χ0v) is 15.2. The maximum atomic E-state index is 13.8. The lowest BCUT2D eigenvalue weighted by atomic mass is 9.95. The van der Waals surface area contributed by atoms with Gasteiger partial charge in [0.15, 0.2) is 0 Å². The van der Waals surface area contributed by atoms with E-state index >= 15 is 0 Å². The number of rotatable bonds is 4. The van der Waals surface area contributed by atoms with Crippen molar-refractivity contribution in [3.63, 3.8) is 0 Å². The van der Waals surface area contributed by atoms with E-state index in [-0.39, 0.29) is 23.3 Å². The molecule has 0 aliphatic carbocycles. The molecule has 1 atom stereocenters. The van der Waals surface area contributed by atoms with Gasteiger partial charge in [0.2, 0.25) is 5.91 Å². The van der Waals surface area contributed by atoms with Crippen LogP contribution >= 0.6 is 11.3 Å². The average Bonchev–Trinajstić information content (AvgIpc) is 3.15. The molecule has 1 saturated heterocycles. The van der Waals surface area contributed by atoms with E-state index in [9.17, 15) is 18.4 Å². The predicted molar refractivity (Wildman–Crippen MR) is 95.9 cm³/mol. The molecule has 7 heteroatoms. The highest BCUT2D eigenvalue weighted by Crippen LogP contribution is 2.23. The first-order valence-corrected chi connectivity index (χ1v) is 9.42. The number of amides is 2. The molecule has 2 heterocycles. The third-order valence-electron chi connectivity index (χ3n) is 4.67. The fourth-order valence-electron chi connectivity index (χ4n) is 3.16. The van der Waals surface area contributed by atoms with Gasteiger partial charge in [0, 0.05) is 30.6 Å². The van der Waals surface area contributed by atoms with Gasteiger partial charge in [-0.3, -0.25) is 9.59 Å². The molecule has 1 aliphatic heterocycles. The van der Waals surface area contributed by atoms with Crippen molar-refractivity contribution in [1.29, 1.82) is 0 Å². The van der Waals surface area contributed by atoms with Crippen LogP contribution < -0.4 is 5.32 Å². The molecule has 0 saturated carbocycles. The monoisotopic (exact) mass is 378 g/mol. The summed E-state index contributed by atoms with van der Waals surface area (Å²) in [6.07, 6.45) is 1.14. The molecule has 1 aromatic heterocycles. The summed E-state index contributed by atoms with van der Waals surface area (Å²) in [4.78, 5) is 27.2. The first-order chi connectivity index (χ1) is 12.5. The quantitative estimate of drug-likeness (QED) is 0.881. The standard InChI is InChI=1S/C19H20F2N2O2S/c1-12(15-5-4-14(20)11-16(15)21)22-18(24)13-6-8-23(9-7-13)19(25)17-3-2-10-26-17/h2-5,10-13H,6-9H2,1H3,(H,22,24)/t12-/m0/s1. The topological polar surface area (TPSA) is 49.4 Å². The minimum atomic E-state index is -0.672. The summed E-state index contributed by atoms with van der Waals surface area (Å²) in [5.74, 6) is -1.69. The third-order valence-corrected chi connectivity index (χ3v) is 5.53. The summed E-state index contributed by atoms with van der Waals surface area (Å²) >= 11 is 1.41. The van der Waals surface area contributed by atoms with Gasteiger partial charge in [0.05, 0.1) is 10.9 Å². The van der Waals surface area contributed by atoms with Gasteiger partial charge in [-0.2, -0.15) is 0 Å². The summed E-state index contributed by atoms with van der Waals surface area (Å²) in [5, 5.41) is 4.66. The summed E-state index contributed by atoms with van der Waals surface area (Å²) in [7, 11) is 0. The SMILES string of the molecule is C[C@H](NC(=O)C1CCN(C(=O)c2cccs2)CC1)c1ccc(F)cc1F. The highest BCUT2D eigenvalue weighted by Gasteiger charge is 2.29. The number of hydrogen-bond acceptors (Lipinski definition) is 3. The van der Waals surface area contributed by atoms with E-state index in [4.69, 9.17) is 0 Å². The minimum absolute atomic E-state index is 0.000564. The highest BCUT2D eigenvalue weighted by molar-refractivity contribution is 7.12. The van der Waals surface area contributed by atoms with Gasteiger partial charge in [-0.1, -0.05) is 12.1 Å². The lowest BCUT2D eigenvalue weighted by Crippen LogP contribution is -2.43. The second kappa shape index (κ2) is 7.95. The second-order valence-corrected chi connectivity index (χ2v) is 7.39. The van der Waals surface area contributed by atoms with Crippen LogP contribution in [0.15, 0.2) is 35.7 Å². The predicted octanol–water partition coefficient (Wildman–Crippen LogP) is 3.76. The molecular formula is C19H20F2N2O2S. The van der Waals surface area contributed by atoms with Crippen molar-refractivity contribution < 1.29 is 18.4 Å². The minimum Gasteiger partial charge on any atom is -0.349 e. The Hall–Kier alpha value is -2.28. The van der Waals surface area contributed by atoms with Gasteiger partial charge in [-0.15, -0.1) is 11.3 Å². The van der Waals surface area contributed by atoms with E-state index in [2.05, 4.69) is 5.32 Å². The number of carbonyl (C=O) groups is 2. The average molecular weight is 378 g/mol. The largest absolute Gasteiger partial charge is 0.349 e. The van der Waals surface area contributed by atoms with E-state index in [1.165, 1.54) is 23.5 Å². The van der Waals surface area contributed by atoms with Crippen molar-refractivity contribution in [3.8, 4) is 0 Å². The van der Waals surface area contributed by atoms with Crippen molar-refractivity contribution in [2.45, 2.75) is 25.8 Å². The molecule has 2 aromatic rings. The first kappa shape index (κ1) is 18.5. The molecule has 2 amide bonds. The smallest absolute Gasteiger partial charge is 0.263 e. The van der Waals surface area contributed by atoms with E-state index in [1.54, 1.807) is 17.9 Å². The molecule has 1 aliphatic rings. The van der Waals surface area contributed by atoms with Gasteiger partial charge >= 0.3 is 0 Å². The van der Waals surface area contributed by atoms with Crippen LogP contribution in [-0.2, 0) is 4.79 Å². The van der Waals surface area contributed by atoms with Crippen LogP contribution in [0.5, 0.6) is 0 Å². The molecule has 0 radical (unpaired) electrons. The molecule has 26 heavy (non-hydrogen) atoms. The van der Waals surface area contributed by atoms with Crippen LogP contribution in [0, 0.1) is 17.6 Å². The Morgan fingerprint density at radius 1 is 1.23 bits per heavy atom. The van der Waals surface area contributed by atoms with Crippen LogP contribution in [0.2, 0.25) is 0 Å². The summed E-state index contributed by atoms with van der Waals surface area (Å²) in [6.45, 7) is 2.71. The van der Waals surface area contributed by atoms with E-state index in [0.717, 1.165) is 6.07 Å². The molecule has 1 N–H and O–H groups in total. The summed E-state index contributed by atoms with van der Waals surface area (Å²) < 4.78 is 26.8. The Morgan fingerprint density at radius 3 is 2.58 bits per heavy atom. The zero-order valence-electron chi connectivity index (χ0n) is 14.4. The lowest BCUT2D eigenvalue weighted by molar-refractivity contribution is -0.127. The van der Waals surface area contributed by atoms with Crippen molar-refractivity contribution in [1.82, 2.24) is 10.2 Å². The zero-order chi connectivity index (χ0) is 18.7. The maximum absolute atomic E-state index is 13.8. The van der Waals surface area contributed by atoms with Crippen LogP contribution in [-0.4, -0.2) is 29.8 Å². The van der Waals surface area contributed by atoms with Crippen LogP contribution in [0.25, 0.3) is 0 Å². The highest BCUT2D eigenvalue weighted by atomic mass is 32.1. The van der Waals surface area contributed by atoms with Crippen molar-refractivity contribution >= 4 is 23.2 Å². The molecule has 3 rings (SSSR count). The molecule has 138 valence electrons. The van der Waals surface area contributed by atoms with Gasteiger partial charge in [0.1, 0.15) is 11.6 Å². The first-order valence-electron chi connectivity index (χ1n) is 8.54. The van der Waals surface area contributed by atoms with Crippen molar-refractivity contribution in [2.75, 3.05) is 13.1 Å². The maximum Gasteiger partial charge on any atom is 0.263 e. The number of hydrogen-bond donors (Lipinski definition) is 1. The normalized spacial score (nSPS) is 16.3. The number of likely N-dealkylation sites (tertiary alicyclic amines) is 1. The molecular weight excluding hydrogens is 358 g/mol. The van der Waals surface area contributed by atoms with E-state index in [0.29, 0.717) is 30.8 Å². The molecule has 4 nitrogen and oxygen atoms in total. The second-order valence-electron chi connectivity index (χ2n) is 6.44. The fraction of sp³-hybridized carbons (Fsp3) is 0.368. The number of piperidine rings is 1. The lowest BCUT2D eigenvalue weighted by Gasteiger charge is -2.31. The number of nitrogens with zero attached hydrogens (tertiary/aromatic N) is 1. The molecule has 0 bridgehead atoms. The van der Waals surface area contributed by atoms with E-state index < -0.39 is 17.7 Å². The third kappa shape index (κ3) is 4.09. The van der Waals surface area contributed by atoms with Crippen LogP contribution in [0.1, 0.15) is 41.0 Å². The molecule has 0 unspecified atom stereocenters. The van der Waals surface area contributed by atoms with E-state index in [1.807, 2.05) is 11.4 Å². The number of thiophene rings is 1. The fourth-order valence-corrected chi connectivity index (χ4v) is 3.85. The van der Waals surface area contributed by atoms with Gasteiger partial charge in [-0.25, -0.2) is 8.78 Å².